The Labute approximate surface area is 85.0 Å². The molecule has 0 radical (unpaired) electrons. The molecule has 0 bridgehead atoms. The normalized spacial score (nSPS) is 43.1. The van der Waals surface area contributed by atoms with E-state index in [1.165, 1.54) is 0 Å². The van der Waals surface area contributed by atoms with Gasteiger partial charge in [0.05, 0.1) is 5.60 Å². The van der Waals surface area contributed by atoms with E-state index in [1.807, 2.05) is 6.92 Å². The lowest BCUT2D eigenvalue weighted by atomic mass is 9.61. The van der Waals surface area contributed by atoms with Crippen molar-refractivity contribution in [3.05, 3.63) is 11.6 Å². The van der Waals surface area contributed by atoms with Crippen molar-refractivity contribution in [1.29, 1.82) is 0 Å². The number of ketones is 1. The maximum Gasteiger partial charge on any atom is 0.155 e. The van der Waals surface area contributed by atoms with Crippen molar-refractivity contribution in [2.24, 2.45) is 5.41 Å². The maximum atomic E-state index is 11.4. The van der Waals surface area contributed by atoms with Gasteiger partial charge in [-0.15, -0.1) is 0 Å². The van der Waals surface area contributed by atoms with E-state index in [1.54, 1.807) is 6.08 Å². The van der Waals surface area contributed by atoms with Crippen LogP contribution in [0.25, 0.3) is 0 Å². The summed E-state index contributed by atoms with van der Waals surface area (Å²) >= 11 is 0. The highest BCUT2D eigenvalue weighted by Gasteiger charge is 2.44. The third kappa shape index (κ3) is 1.42. The summed E-state index contributed by atoms with van der Waals surface area (Å²) in [5.41, 5.74) is 0.311. The number of aliphatic hydroxyl groups is 1. The van der Waals surface area contributed by atoms with Crippen molar-refractivity contribution in [3.8, 4) is 0 Å². The van der Waals surface area contributed by atoms with E-state index in [0.717, 1.165) is 31.3 Å². The second-order valence-corrected chi connectivity index (χ2v) is 5.21. The molecular formula is C12H18O2. The topological polar surface area (TPSA) is 37.3 Å². The third-order valence-corrected chi connectivity index (χ3v) is 3.85. The first kappa shape index (κ1) is 9.91. The van der Waals surface area contributed by atoms with Crippen molar-refractivity contribution in [3.63, 3.8) is 0 Å². The molecule has 2 aliphatic rings. The molecule has 0 heterocycles. The molecule has 78 valence electrons. The fourth-order valence-corrected chi connectivity index (χ4v) is 2.96. The standard InChI is InChI=1S/C12H18O2/c1-11-5-3-6-12(2,14)10(11)8-9(13)4-7-11/h8,14H,3-7H2,1-2H3/t11-,12+/m0/s1. The number of fused-ring (bicyclic) bond motifs is 1. The average molecular weight is 194 g/mol. The first-order valence-electron chi connectivity index (χ1n) is 5.42. The molecule has 2 heteroatoms. The van der Waals surface area contributed by atoms with E-state index in [4.69, 9.17) is 0 Å². The molecule has 0 aliphatic heterocycles. The molecule has 0 aromatic rings. The van der Waals surface area contributed by atoms with Gasteiger partial charge in [-0.2, -0.15) is 0 Å². The van der Waals surface area contributed by atoms with Crippen molar-refractivity contribution in [2.45, 2.75) is 51.6 Å². The van der Waals surface area contributed by atoms with Crippen LogP contribution in [0.15, 0.2) is 11.6 Å². The third-order valence-electron chi connectivity index (χ3n) is 3.85. The van der Waals surface area contributed by atoms with Crippen LogP contribution in [0.4, 0.5) is 0 Å². The van der Waals surface area contributed by atoms with Crippen LogP contribution in [-0.4, -0.2) is 16.5 Å². The Hall–Kier alpha value is -0.630. The number of carbonyl (C=O) groups excluding carboxylic acids is 1. The zero-order valence-corrected chi connectivity index (χ0v) is 8.97. The summed E-state index contributed by atoms with van der Waals surface area (Å²) in [5, 5.41) is 10.2. The van der Waals surface area contributed by atoms with Crippen LogP contribution >= 0.6 is 0 Å². The second kappa shape index (κ2) is 2.93. The number of hydrogen-bond donors (Lipinski definition) is 1. The van der Waals surface area contributed by atoms with Gasteiger partial charge in [0.2, 0.25) is 0 Å². The quantitative estimate of drug-likeness (QED) is 0.642. The maximum absolute atomic E-state index is 11.4. The van der Waals surface area contributed by atoms with Crippen LogP contribution < -0.4 is 0 Å². The molecule has 0 saturated heterocycles. The molecule has 2 atom stereocenters. The van der Waals surface area contributed by atoms with Crippen LogP contribution in [-0.2, 0) is 4.79 Å². The lowest BCUT2D eigenvalue weighted by Crippen LogP contribution is -2.43. The summed E-state index contributed by atoms with van der Waals surface area (Å²) in [6.45, 7) is 4.02. The zero-order valence-electron chi connectivity index (χ0n) is 8.97. The van der Waals surface area contributed by atoms with Gasteiger partial charge in [-0.25, -0.2) is 0 Å². The van der Waals surface area contributed by atoms with Gasteiger partial charge in [0.25, 0.3) is 0 Å². The summed E-state index contributed by atoms with van der Waals surface area (Å²) in [4.78, 5) is 11.4. The van der Waals surface area contributed by atoms with Gasteiger partial charge >= 0.3 is 0 Å². The first-order chi connectivity index (χ1) is 6.44. The minimum Gasteiger partial charge on any atom is -0.386 e. The molecule has 2 aliphatic carbocycles. The van der Waals surface area contributed by atoms with Crippen molar-refractivity contribution >= 4 is 5.78 Å². The second-order valence-electron chi connectivity index (χ2n) is 5.21. The fraction of sp³-hybridized carbons (Fsp3) is 0.750. The van der Waals surface area contributed by atoms with Crippen molar-refractivity contribution in [2.75, 3.05) is 0 Å². The molecule has 1 fully saturated rings. The summed E-state index contributed by atoms with van der Waals surface area (Å²) < 4.78 is 0. The zero-order chi connectivity index (χ0) is 10.4. The Morgan fingerprint density at radius 1 is 1.29 bits per heavy atom. The lowest BCUT2D eigenvalue weighted by Gasteiger charge is -2.46. The molecule has 0 unspecified atom stereocenters. The first-order valence-corrected chi connectivity index (χ1v) is 5.42. The summed E-state index contributed by atoms with van der Waals surface area (Å²) in [7, 11) is 0. The van der Waals surface area contributed by atoms with Crippen molar-refractivity contribution < 1.29 is 9.90 Å². The lowest BCUT2D eigenvalue weighted by molar-refractivity contribution is -0.116. The molecule has 14 heavy (non-hydrogen) atoms. The Morgan fingerprint density at radius 2 is 2.00 bits per heavy atom. The molecule has 0 amide bonds. The van der Waals surface area contributed by atoms with Crippen LogP contribution in [0.2, 0.25) is 0 Å². The summed E-state index contributed by atoms with van der Waals surface area (Å²) in [6.07, 6.45) is 6.23. The average Bonchev–Trinajstić information content (AvgIpc) is 2.08. The predicted molar refractivity (Wildman–Crippen MR) is 54.9 cm³/mol. The van der Waals surface area contributed by atoms with E-state index in [9.17, 15) is 9.90 Å². The minimum absolute atomic E-state index is 0.0790. The smallest absolute Gasteiger partial charge is 0.155 e. The fourth-order valence-electron chi connectivity index (χ4n) is 2.96. The minimum atomic E-state index is -0.747. The molecule has 1 N–H and O–H groups in total. The molecule has 2 nitrogen and oxygen atoms in total. The monoisotopic (exact) mass is 194 g/mol. The van der Waals surface area contributed by atoms with Crippen LogP contribution in [0, 0.1) is 5.41 Å². The van der Waals surface area contributed by atoms with E-state index in [0.29, 0.717) is 6.42 Å². The van der Waals surface area contributed by atoms with Gasteiger partial charge in [0, 0.05) is 6.42 Å². The van der Waals surface area contributed by atoms with Gasteiger partial charge < -0.3 is 5.11 Å². The number of rotatable bonds is 0. The van der Waals surface area contributed by atoms with E-state index in [2.05, 4.69) is 6.92 Å². The molecular weight excluding hydrogens is 176 g/mol. The van der Waals surface area contributed by atoms with Crippen LogP contribution in [0.5, 0.6) is 0 Å². The van der Waals surface area contributed by atoms with Crippen LogP contribution in [0.3, 0.4) is 0 Å². The summed E-state index contributed by atoms with van der Waals surface area (Å²) in [6, 6.07) is 0. The van der Waals surface area contributed by atoms with Gasteiger partial charge in [0.15, 0.2) is 5.78 Å². The van der Waals surface area contributed by atoms with Gasteiger partial charge in [-0.3, -0.25) is 4.79 Å². The Kier molecular flexibility index (Phi) is 2.07. The highest BCUT2D eigenvalue weighted by Crippen LogP contribution is 2.50. The number of allylic oxidation sites excluding steroid dienone is 1. The van der Waals surface area contributed by atoms with E-state index >= 15 is 0 Å². The van der Waals surface area contributed by atoms with Crippen molar-refractivity contribution in [1.82, 2.24) is 0 Å². The van der Waals surface area contributed by atoms with E-state index < -0.39 is 5.60 Å². The predicted octanol–water partition coefficient (Wildman–Crippen LogP) is 2.22. The Balaban J connectivity index is 2.43. The molecule has 0 spiro atoms. The SMILES string of the molecule is C[C@@]12CCC[C@@](C)(O)C1=CC(=O)CC2. The largest absolute Gasteiger partial charge is 0.386 e. The highest BCUT2D eigenvalue weighted by atomic mass is 16.3. The van der Waals surface area contributed by atoms with Gasteiger partial charge in [0.1, 0.15) is 0 Å². The number of hydrogen-bond acceptors (Lipinski definition) is 2. The Morgan fingerprint density at radius 3 is 2.71 bits per heavy atom. The molecule has 0 aromatic heterocycles. The molecule has 1 saturated carbocycles. The van der Waals surface area contributed by atoms with Gasteiger partial charge in [-0.05, 0) is 49.7 Å². The molecule has 2 rings (SSSR count). The van der Waals surface area contributed by atoms with Crippen LogP contribution in [0.1, 0.15) is 46.0 Å². The number of carbonyl (C=O) groups is 1. The highest BCUT2D eigenvalue weighted by molar-refractivity contribution is 5.92. The van der Waals surface area contributed by atoms with Gasteiger partial charge in [-0.1, -0.05) is 6.92 Å². The summed E-state index contributed by atoms with van der Waals surface area (Å²) in [5.74, 6) is 0.180. The molecule has 0 aromatic carbocycles. The Bertz CT molecular complexity index is 301. The van der Waals surface area contributed by atoms with E-state index in [-0.39, 0.29) is 11.2 Å².